The number of methoxy groups -OCH3 is 1. The van der Waals surface area contributed by atoms with E-state index in [1.807, 2.05) is 42.7 Å². The van der Waals surface area contributed by atoms with Crippen molar-refractivity contribution >= 4 is 40.0 Å². The third kappa shape index (κ3) is 6.02. The van der Waals surface area contributed by atoms with Crippen LogP contribution >= 0.6 is 23.1 Å². The molecule has 174 valence electrons. The predicted octanol–water partition coefficient (Wildman–Crippen LogP) is 4.67. The molecular weight excluding hydrogens is 460 g/mol. The molecule has 10 heteroatoms. The van der Waals surface area contributed by atoms with E-state index >= 15 is 0 Å². The van der Waals surface area contributed by atoms with Crippen molar-refractivity contribution in [1.29, 1.82) is 0 Å². The van der Waals surface area contributed by atoms with Gasteiger partial charge in [-0.3, -0.25) is 9.36 Å². The van der Waals surface area contributed by atoms with Crippen molar-refractivity contribution in [3.05, 3.63) is 53.4 Å². The van der Waals surface area contributed by atoms with E-state index in [1.165, 1.54) is 30.2 Å². The number of rotatable bonds is 11. The molecule has 0 aliphatic heterocycles. The monoisotopic (exact) mass is 486 g/mol. The summed E-state index contributed by atoms with van der Waals surface area (Å²) in [6.07, 6.45) is 2.52. The largest absolute Gasteiger partial charge is 0.494 e. The number of aromatic nitrogens is 3. The van der Waals surface area contributed by atoms with Crippen LogP contribution in [0.15, 0.2) is 48.1 Å². The highest BCUT2D eigenvalue weighted by Gasteiger charge is 2.19. The van der Waals surface area contributed by atoms with Gasteiger partial charge in [0.1, 0.15) is 10.8 Å². The SMILES string of the molecule is C=CCn1c(SCC(=O)Nc2sc(CC)cc2C(=O)OC)nnc1-c1ccc(OCC)cc1. The number of carbonyl (C=O) groups is 2. The zero-order valence-corrected chi connectivity index (χ0v) is 20.4. The molecule has 0 spiro atoms. The molecule has 0 fully saturated rings. The van der Waals surface area contributed by atoms with E-state index in [9.17, 15) is 9.59 Å². The van der Waals surface area contributed by atoms with Crippen molar-refractivity contribution in [1.82, 2.24) is 14.8 Å². The van der Waals surface area contributed by atoms with Gasteiger partial charge < -0.3 is 14.8 Å². The molecule has 8 nitrogen and oxygen atoms in total. The van der Waals surface area contributed by atoms with Crippen molar-refractivity contribution < 1.29 is 19.1 Å². The van der Waals surface area contributed by atoms with E-state index in [-0.39, 0.29) is 11.7 Å². The summed E-state index contributed by atoms with van der Waals surface area (Å²) in [6, 6.07) is 9.37. The fraction of sp³-hybridized carbons (Fsp3) is 0.304. The number of anilines is 1. The Kier molecular flexibility index (Phi) is 8.67. The highest BCUT2D eigenvalue weighted by atomic mass is 32.2. The molecule has 1 aromatic carbocycles. The van der Waals surface area contributed by atoms with Gasteiger partial charge in [0.2, 0.25) is 5.91 Å². The Hall–Kier alpha value is -3.11. The second kappa shape index (κ2) is 11.7. The molecule has 3 rings (SSSR count). The van der Waals surface area contributed by atoms with Crippen LogP contribution in [0.1, 0.15) is 29.1 Å². The Morgan fingerprint density at radius 1 is 1.24 bits per heavy atom. The fourth-order valence-corrected chi connectivity index (χ4v) is 4.78. The van der Waals surface area contributed by atoms with E-state index < -0.39 is 5.97 Å². The third-order valence-electron chi connectivity index (χ3n) is 4.57. The lowest BCUT2D eigenvalue weighted by Gasteiger charge is -2.09. The summed E-state index contributed by atoms with van der Waals surface area (Å²) >= 11 is 2.64. The number of allylic oxidation sites excluding steroid dienone is 1. The van der Waals surface area contributed by atoms with E-state index in [0.29, 0.717) is 34.7 Å². The van der Waals surface area contributed by atoms with Gasteiger partial charge in [-0.2, -0.15) is 0 Å². The van der Waals surface area contributed by atoms with Gasteiger partial charge in [0.25, 0.3) is 0 Å². The maximum atomic E-state index is 12.6. The molecule has 0 radical (unpaired) electrons. The number of hydrogen-bond acceptors (Lipinski definition) is 8. The number of benzene rings is 1. The highest BCUT2D eigenvalue weighted by molar-refractivity contribution is 7.99. The number of nitrogens with zero attached hydrogens (tertiary/aromatic N) is 3. The molecule has 33 heavy (non-hydrogen) atoms. The van der Waals surface area contributed by atoms with E-state index in [2.05, 4.69) is 22.1 Å². The predicted molar refractivity (Wildman–Crippen MR) is 131 cm³/mol. The lowest BCUT2D eigenvalue weighted by atomic mass is 10.2. The molecular formula is C23H26N4O4S2. The molecule has 3 aromatic rings. The molecule has 0 aliphatic rings. The van der Waals surface area contributed by atoms with Crippen LogP contribution in [0.4, 0.5) is 5.00 Å². The number of carbonyl (C=O) groups excluding carboxylic acids is 2. The van der Waals surface area contributed by atoms with E-state index in [0.717, 1.165) is 22.6 Å². The smallest absolute Gasteiger partial charge is 0.340 e. The second-order valence-corrected chi connectivity index (χ2v) is 8.88. The molecule has 2 aromatic heterocycles. The van der Waals surface area contributed by atoms with Crippen LogP contribution in [0.25, 0.3) is 11.4 Å². The highest BCUT2D eigenvalue weighted by Crippen LogP contribution is 2.30. The number of esters is 1. The van der Waals surface area contributed by atoms with Gasteiger partial charge in [0.05, 0.1) is 25.0 Å². The standard InChI is InChI=1S/C23H26N4O4S2/c1-5-12-27-20(15-8-10-16(11-9-15)31-7-3)25-26-23(27)32-14-19(28)24-21-18(22(29)30-4)13-17(6-2)33-21/h5,8-11,13H,1,6-7,12,14H2,2-4H3,(H,24,28). The summed E-state index contributed by atoms with van der Waals surface area (Å²) in [4.78, 5) is 25.6. The van der Waals surface area contributed by atoms with Crippen molar-refractivity contribution in [2.45, 2.75) is 32.0 Å². The Balaban J connectivity index is 1.72. The van der Waals surface area contributed by atoms with Gasteiger partial charge >= 0.3 is 5.97 Å². The number of aryl methyl sites for hydroxylation is 1. The summed E-state index contributed by atoms with van der Waals surface area (Å²) in [5.74, 6) is 0.858. The molecule has 1 amide bonds. The number of thiophene rings is 1. The number of hydrogen-bond donors (Lipinski definition) is 1. The van der Waals surface area contributed by atoms with Gasteiger partial charge in [0.15, 0.2) is 11.0 Å². The number of amides is 1. The molecule has 2 heterocycles. The number of nitrogens with one attached hydrogen (secondary N) is 1. The van der Waals surface area contributed by atoms with Crippen LogP contribution in [-0.4, -0.2) is 46.1 Å². The first-order chi connectivity index (χ1) is 16.0. The maximum Gasteiger partial charge on any atom is 0.340 e. The molecule has 1 N–H and O–H groups in total. The van der Waals surface area contributed by atoms with Crippen LogP contribution in [0.2, 0.25) is 0 Å². The Morgan fingerprint density at radius 3 is 2.64 bits per heavy atom. The van der Waals surface area contributed by atoms with Crippen molar-refractivity contribution in [3.8, 4) is 17.1 Å². The minimum Gasteiger partial charge on any atom is -0.494 e. The van der Waals surface area contributed by atoms with E-state index in [4.69, 9.17) is 9.47 Å². The summed E-state index contributed by atoms with van der Waals surface area (Å²) in [5, 5.41) is 12.5. The van der Waals surface area contributed by atoms with Crippen molar-refractivity contribution in [2.24, 2.45) is 0 Å². The number of ether oxygens (including phenoxy) is 2. The average molecular weight is 487 g/mol. The zero-order chi connectivity index (χ0) is 23.8. The first kappa shape index (κ1) is 24.5. The minimum atomic E-state index is -0.473. The van der Waals surface area contributed by atoms with Gasteiger partial charge in [-0.15, -0.1) is 28.1 Å². The quantitative estimate of drug-likeness (QED) is 0.239. The molecule has 0 unspecified atom stereocenters. The Morgan fingerprint density at radius 2 is 2.00 bits per heavy atom. The van der Waals surface area contributed by atoms with Gasteiger partial charge in [-0.25, -0.2) is 4.79 Å². The Labute approximate surface area is 201 Å². The van der Waals surface area contributed by atoms with Crippen LogP contribution in [-0.2, 0) is 22.5 Å². The summed E-state index contributed by atoms with van der Waals surface area (Å²) < 4.78 is 12.2. The normalized spacial score (nSPS) is 10.6. The molecule has 0 saturated heterocycles. The van der Waals surface area contributed by atoms with E-state index in [1.54, 1.807) is 12.1 Å². The first-order valence-corrected chi connectivity index (χ1v) is 12.2. The molecule has 0 atom stereocenters. The van der Waals surface area contributed by atoms with Gasteiger partial charge in [-0.1, -0.05) is 24.8 Å². The second-order valence-electron chi connectivity index (χ2n) is 6.80. The van der Waals surface area contributed by atoms with Crippen LogP contribution in [0.5, 0.6) is 5.75 Å². The molecule has 0 bridgehead atoms. The maximum absolute atomic E-state index is 12.6. The van der Waals surface area contributed by atoms with Crippen molar-refractivity contribution in [3.63, 3.8) is 0 Å². The van der Waals surface area contributed by atoms with Crippen molar-refractivity contribution in [2.75, 3.05) is 24.8 Å². The fourth-order valence-electron chi connectivity index (χ4n) is 3.03. The first-order valence-electron chi connectivity index (χ1n) is 10.4. The zero-order valence-electron chi connectivity index (χ0n) is 18.8. The lowest BCUT2D eigenvalue weighted by Crippen LogP contribution is -2.16. The lowest BCUT2D eigenvalue weighted by molar-refractivity contribution is -0.113. The van der Waals surface area contributed by atoms with Gasteiger partial charge in [0, 0.05) is 17.0 Å². The average Bonchev–Trinajstić information content (AvgIpc) is 3.42. The van der Waals surface area contributed by atoms with Crippen LogP contribution < -0.4 is 10.1 Å². The van der Waals surface area contributed by atoms with Crippen LogP contribution in [0.3, 0.4) is 0 Å². The molecule has 0 aliphatic carbocycles. The summed E-state index contributed by atoms with van der Waals surface area (Å²) in [5.41, 5.74) is 1.25. The van der Waals surface area contributed by atoms with Gasteiger partial charge in [-0.05, 0) is 43.7 Å². The third-order valence-corrected chi connectivity index (χ3v) is 6.74. The minimum absolute atomic E-state index is 0.110. The molecule has 0 saturated carbocycles. The number of thioether (sulfide) groups is 1. The van der Waals surface area contributed by atoms with Crippen LogP contribution in [0, 0.1) is 0 Å². The summed E-state index contributed by atoms with van der Waals surface area (Å²) in [6.45, 7) is 8.84. The topological polar surface area (TPSA) is 95.3 Å². The Bertz CT molecular complexity index is 1120. The summed E-state index contributed by atoms with van der Waals surface area (Å²) in [7, 11) is 1.32.